The lowest BCUT2D eigenvalue weighted by Crippen LogP contribution is -2.31. The first-order valence-electron chi connectivity index (χ1n) is 9.90. The highest BCUT2D eigenvalue weighted by molar-refractivity contribution is 5.79. The summed E-state index contributed by atoms with van der Waals surface area (Å²) in [6.45, 7) is -0.265. The van der Waals surface area contributed by atoms with Crippen molar-refractivity contribution in [1.29, 1.82) is 0 Å². The lowest BCUT2D eigenvalue weighted by molar-refractivity contribution is -0.123. The Labute approximate surface area is 175 Å². The quantitative estimate of drug-likeness (QED) is 0.672. The number of carbonyl (C=O) groups is 1. The van der Waals surface area contributed by atoms with Crippen molar-refractivity contribution in [3.05, 3.63) is 70.0 Å². The summed E-state index contributed by atoms with van der Waals surface area (Å²) >= 11 is 0. The van der Waals surface area contributed by atoms with Gasteiger partial charge in [-0.1, -0.05) is 0 Å². The Morgan fingerprint density at radius 3 is 2.42 bits per heavy atom. The molecule has 2 N–H and O–H groups in total. The molecule has 2 aromatic carbocycles. The Kier molecular flexibility index (Phi) is 5.67. The second kappa shape index (κ2) is 8.41. The Bertz CT molecular complexity index is 1180. The first kappa shape index (κ1) is 20.9. The topological polar surface area (TPSA) is 87.2 Å². The molecule has 31 heavy (non-hydrogen) atoms. The van der Waals surface area contributed by atoms with Gasteiger partial charge in [-0.3, -0.25) is 9.59 Å². The van der Waals surface area contributed by atoms with Gasteiger partial charge in [-0.05, 0) is 43.9 Å². The Morgan fingerprint density at radius 1 is 1.10 bits per heavy atom. The second-order valence-electron chi connectivity index (χ2n) is 7.70. The van der Waals surface area contributed by atoms with E-state index >= 15 is 0 Å². The minimum Gasteiger partial charge on any atom is -0.490 e. The summed E-state index contributed by atoms with van der Waals surface area (Å²) in [4.78, 5) is 27.4. The predicted octanol–water partition coefficient (Wildman–Crippen LogP) is 3.29. The fourth-order valence-corrected chi connectivity index (χ4v) is 3.94. The number of carbonyl (C=O) groups excluding carboxylic acids is 1. The third kappa shape index (κ3) is 4.40. The van der Waals surface area contributed by atoms with Crippen LogP contribution in [0.3, 0.4) is 0 Å². The highest BCUT2D eigenvalue weighted by Gasteiger charge is 2.26. The monoisotopic (exact) mass is 431 g/mol. The summed E-state index contributed by atoms with van der Waals surface area (Å²) in [6, 6.07) is 6.03. The van der Waals surface area contributed by atoms with E-state index in [1.807, 2.05) is 0 Å². The number of hydrogen-bond acceptors (Lipinski definition) is 4. The number of aromatic nitrogens is 2. The molecule has 0 unspecified atom stereocenters. The Hall–Kier alpha value is -3.36. The SMILES string of the molecule is NC(=O)[C@H]1CC[C@H](Oc2ccc3c(c2)c(=O)ncn3Cc2c(F)cc(F)cc2F)CC1. The van der Waals surface area contributed by atoms with Gasteiger partial charge in [0.05, 0.1) is 29.9 Å². The maximum Gasteiger partial charge on any atom is 0.280 e. The van der Waals surface area contributed by atoms with E-state index in [2.05, 4.69) is 4.98 Å². The van der Waals surface area contributed by atoms with E-state index in [-0.39, 0.29) is 35.4 Å². The fraction of sp³-hybridized carbons (Fsp3) is 0.318. The van der Waals surface area contributed by atoms with Crippen LogP contribution in [-0.4, -0.2) is 21.6 Å². The molecule has 4 rings (SSSR count). The van der Waals surface area contributed by atoms with Crippen LogP contribution in [0.1, 0.15) is 31.2 Å². The number of primary amides is 1. The smallest absolute Gasteiger partial charge is 0.280 e. The van der Waals surface area contributed by atoms with Crippen LogP contribution in [0.4, 0.5) is 13.2 Å². The molecule has 9 heteroatoms. The zero-order valence-corrected chi connectivity index (χ0v) is 16.5. The number of nitrogens with zero attached hydrogens (tertiary/aromatic N) is 2. The molecule has 1 heterocycles. The van der Waals surface area contributed by atoms with Crippen molar-refractivity contribution in [3.63, 3.8) is 0 Å². The number of benzene rings is 2. The van der Waals surface area contributed by atoms with Gasteiger partial charge in [0.25, 0.3) is 5.56 Å². The van der Waals surface area contributed by atoms with Crippen LogP contribution in [0.2, 0.25) is 0 Å². The number of ether oxygens (including phenoxy) is 1. The second-order valence-corrected chi connectivity index (χ2v) is 7.70. The fourth-order valence-electron chi connectivity index (χ4n) is 3.94. The van der Waals surface area contributed by atoms with Gasteiger partial charge in [0.1, 0.15) is 23.2 Å². The molecule has 1 amide bonds. The molecule has 0 bridgehead atoms. The zero-order chi connectivity index (χ0) is 22.1. The average molecular weight is 431 g/mol. The molecule has 1 saturated carbocycles. The van der Waals surface area contributed by atoms with Crippen LogP contribution in [0.15, 0.2) is 41.5 Å². The third-order valence-electron chi connectivity index (χ3n) is 5.64. The van der Waals surface area contributed by atoms with E-state index < -0.39 is 23.0 Å². The molecule has 162 valence electrons. The lowest BCUT2D eigenvalue weighted by atomic mass is 9.87. The molecule has 3 aromatic rings. The Balaban J connectivity index is 1.59. The molecule has 0 aliphatic heterocycles. The molecule has 0 saturated heterocycles. The molecule has 1 aromatic heterocycles. The van der Waals surface area contributed by atoms with Crippen LogP contribution >= 0.6 is 0 Å². The van der Waals surface area contributed by atoms with E-state index in [4.69, 9.17) is 10.5 Å². The Morgan fingerprint density at radius 2 is 1.77 bits per heavy atom. The molecular formula is C22H20F3N3O3. The molecule has 1 aliphatic carbocycles. The largest absolute Gasteiger partial charge is 0.490 e. The van der Waals surface area contributed by atoms with Gasteiger partial charge >= 0.3 is 0 Å². The maximum atomic E-state index is 14.1. The summed E-state index contributed by atoms with van der Waals surface area (Å²) in [5, 5.41) is 0.230. The molecule has 0 spiro atoms. The molecule has 1 aliphatic rings. The standard InChI is InChI=1S/C22H20F3N3O3/c23-13-7-18(24)17(19(25)8-13)10-28-11-27-22(30)16-9-15(5-6-20(16)28)31-14-3-1-12(2-4-14)21(26)29/h5-9,11-12,14H,1-4,10H2,(H2,26,29)/t12-,14-. The van der Waals surface area contributed by atoms with E-state index in [1.54, 1.807) is 18.2 Å². The van der Waals surface area contributed by atoms with Gasteiger partial charge < -0.3 is 15.0 Å². The molecular weight excluding hydrogens is 411 g/mol. The number of hydrogen-bond donors (Lipinski definition) is 1. The van der Waals surface area contributed by atoms with Crippen molar-refractivity contribution in [2.75, 3.05) is 0 Å². The van der Waals surface area contributed by atoms with E-state index in [0.29, 0.717) is 49.1 Å². The summed E-state index contributed by atoms with van der Waals surface area (Å²) in [5.41, 5.74) is 4.92. The molecule has 6 nitrogen and oxygen atoms in total. The number of rotatable bonds is 5. The molecule has 0 atom stereocenters. The van der Waals surface area contributed by atoms with Gasteiger partial charge in [0.15, 0.2) is 0 Å². The predicted molar refractivity (Wildman–Crippen MR) is 107 cm³/mol. The third-order valence-corrected chi connectivity index (χ3v) is 5.64. The summed E-state index contributed by atoms with van der Waals surface area (Å²) in [7, 11) is 0. The molecule has 0 radical (unpaired) electrons. The van der Waals surface area contributed by atoms with Crippen LogP contribution in [0.25, 0.3) is 10.9 Å². The summed E-state index contributed by atoms with van der Waals surface area (Å²) < 4.78 is 48.7. The number of nitrogens with two attached hydrogens (primary N) is 1. The number of amides is 1. The van der Waals surface area contributed by atoms with Crippen molar-refractivity contribution < 1.29 is 22.7 Å². The van der Waals surface area contributed by atoms with Crippen molar-refractivity contribution in [3.8, 4) is 5.75 Å². The minimum atomic E-state index is -1.02. The van der Waals surface area contributed by atoms with Crippen molar-refractivity contribution in [2.24, 2.45) is 11.7 Å². The first-order chi connectivity index (χ1) is 14.8. The van der Waals surface area contributed by atoms with Crippen LogP contribution in [-0.2, 0) is 11.3 Å². The highest BCUT2D eigenvalue weighted by Crippen LogP contribution is 2.28. The number of halogens is 3. The highest BCUT2D eigenvalue weighted by atomic mass is 19.1. The van der Waals surface area contributed by atoms with Gasteiger partial charge in [0, 0.05) is 23.6 Å². The lowest BCUT2D eigenvalue weighted by Gasteiger charge is -2.27. The van der Waals surface area contributed by atoms with Crippen LogP contribution < -0.4 is 16.0 Å². The van der Waals surface area contributed by atoms with E-state index in [0.717, 1.165) is 0 Å². The van der Waals surface area contributed by atoms with Crippen LogP contribution in [0.5, 0.6) is 5.75 Å². The first-order valence-corrected chi connectivity index (χ1v) is 9.90. The van der Waals surface area contributed by atoms with Gasteiger partial charge in [0.2, 0.25) is 5.91 Å². The summed E-state index contributed by atoms with van der Waals surface area (Å²) in [5.74, 6) is -3.02. The van der Waals surface area contributed by atoms with Gasteiger partial charge in [-0.2, -0.15) is 4.98 Å². The van der Waals surface area contributed by atoms with Crippen molar-refractivity contribution in [2.45, 2.75) is 38.3 Å². The minimum absolute atomic E-state index is 0.102. The summed E-state index contributed by atoms with van der Waals surface area (Å²) in [6.07, 6.45) is 3.73. The molecule has 1 fully saturated rings. The maximum absolute atomic E-state index is 14.1. The van der Waals surface area contributed by atoms with Crippen molar-refractivity contribution in [1.82, 2.24) is 9.55 Å². The average Bonchev–Trinajstić information content (AvgIpc) is 2.73. The van der Waals surface area contributed by atoms with Crippen molar-refractivity contribution >= 4 is 16.8 Å². The number of fused-ring (bicyclic) bond motifs is 1. The van der Waals surface area contributed by atoms with Crippen LogP contribution in [0, 0.1) is 23.4 Å². The zero-order valence-electron chi connectivity index (χ0n) is 16.5. The van der Waals surface area contributed by atoms with E-state index in [9.17, 15) is 22.8 Å². The van der Waals surface area contributed by atoms with Gasteiger partial charge in [-0.15, -0.1) is 0 Å². The van der Waals surface area contributed by atoms with E-state index in [1.165, 1.54) is 10.9 Å². The normalized spacial score (nSPS) is 18.8. The van der Waals surface area contributed by atoms with Gasteiger partial charge in [-0.25, -0.2) is 13.2 Å².